The van der Waals surface area contributed by atoms with Gasteiger partial charge in [-0.05, 0) is 13.3 Å². The number of rotatable bonds is 5. The molecule has 2 N–H and O–H groups in total. The maximum Gasteiger partial charge on any atom is 0.222 e. The van der Waals surface area contributed by atoms with E-state index in [0.29, 0.717) is 6.42 Å². The number of hydrogen-bond acceptors (Lipinski definition) is 6. The van der Waals surface area contributed by atoms with Crippen LogP contribution in [-0.4, -0.2) is 52.4 Å². The van der Waals surface area contributed by atoms with Gasteiger partial charge in [0.25, 0.3) is 0 Å². The van der Waals surface area contributed by atoms with Gasteiger partial charge in [0.05, 0.1) is 0 Å². The molecule has 0 saturated carbocycles. The van der Waals surface area contributed by atoms with Crippen LogP contribution in [-0.2, 0) is 11.2 Å². The molecule has 20 heavy (non-hydrogen) atoms. The summed E-state index contributed by atoms with van der Waals surface area (Å²) in [6.07, 6.45) is 2.18. The summed E-state index contributed by atoms with van der Waals surface area (Å²) in [6.45, 7) is 7.19. The van der Waals surface area contributed by atoms with Gasteiger partial charge in [-0.1, -0.05) is 6.92 Å². The maximum absolute atomic E-state index is 12.0. The van der Waals surface area contributed by atoms with Crippen molar-refractivity contribution in [2.75, 3.05) is 31.1 Å². The molecule has 2 rings (SSSR count). The zero-order chi connectivity index (χ0) is 14.5. The zero-order valence-corrected chi connectivity index (χ0v) is 13.0. The number of aromatic nitrogens is 2. The van der Waals surface area contributed by atoms with Crippen LogP contribution in [0.4, 0.5) is 5.13 Å². The quantitative estimate of drug-likeness (QED) is 0.873. The molecule has 0 aromatic carbocycles. The number of anilines is 1. The fourth-order valence-electron chi connectivity index (χ4n) is 2.17. The minimum atomic E-state index is 0.0918. The van der Waals surface area contributed by atoms with E-state index >= 15 is 0 Å². The molecule has 1 aliphatic heterocycles. The van der Waals surface area contributed by atoms with E-state index in [9.17, 15) is 4.79 Å². The lowest BCUT2D eigenvalue weighted by Gasteiger charge is -2.34. The lowest BCUT2D eigenvalue weighted by Crippen LogP contribution is -2.48. The highest BCUT2D eigenvalue weighted by atomic mass is 32.1. The third-order valence-corrected chi connectivity index (χ3v) is 4.30. The van der Waals surface area contributed by atoms with Crippen LogP contribution in [0.15, 0.2) is 0 Å². The molecular weight excluding hydrogens is 274 g/mol. The van der Waals surface area contributed by atoms with Crippen molar-refractivity contribution < 1.29 is 4.79 Å². The smallest absolute Gasteiger partial charge is 0.222 e. The fraction of sp³-hybridized carbons (Fsp3) is 0.769. The van der Waals surface area contributed by atoms with E-state index in [1.807, 2.05) is 11.8 Å². The van der Waals surface area contributed by atoms with Crippen molar-refractivity contribution in [2.24, 2.45) is 5.73 Å². The molecule has 6 nitrogen and oxygen atoms in total. The predicted molar refractivity (Wildman–Crippen MR) is 81.0 cm³/mol. The molecule has 1 unspecified atom stereocenters. The third-order valence-electron chi connectivity index (χ3n) is 3.49. The molecule has 1 aliphatic rings. The van der Waals surface area contributed by atoms with E-state index in [1.165, 1.54) is 11.5 Å². The van der Waals surface area contributed by atoms with Crippen LogP contribution in [0.5, 0.6) is 0 Å². The molecule has 1 aromatic rings. The second-order valence-corrected chi connectivity index (χ2v) is 5.96. The Morgan fingerprint density at radius 2 is 2.10 bits per heavy atom. The summed E-state index contributed by atoms with van der Waals surface area (Å²) in [6, 6.07) is 0.0918. The van der Waals surface area contributed by atoms with E-state index in [-0.39, 0.29) is 11.9 Å². The van der Waals surface area contributed by atoms with Crippen molar-refractivity contribution >= 4 is 22.6 Å². The molecule has 0 bridgehead atoms. The van der Waals surface area contributed by atoms with Gasteiger partial charge in [0.1, 0.15) is 5.82 Å². The number of aryl methyl sites for hydroxylation is 1. The lowest BCUT2D eigenvalue weighted by molar-refractivity contribution is -0.131. The highest BCUT2D eigenvalue weighted by molar-refractivity contribution is 7.09. The van der Waals surface area contributed by atoms with E-state index < -0.39 is 0 Å². The van der Waals surface area contributed by atoms with Gasteiger partial charge in [0.2, 0.25) is 11.0 Å². The molecular formula is C13H23N5OS. The zero-order valence-electron chi connectivity index (χ0n) is 12.2. The van der Waals surface area contributed by atoms with Gasteiger partial charge in [-0.3, -0.25) is 4.79 Å². The van der Waals surface area contributed by atoms with Crippen LogP contribution in [0.2, 0.25) is 0 Å². The minimum Gasteiger partial charge on any atom is -0.343 e. The van der Waals surface area contributed by atoms with Crippen molar-refractivity contribution in [3.63, 3.8) is 0 Å². The topological polar surface area (TPSA) is 75.4 Å². The van der Waals surface area contributed by atoms with Gasteiger partial charge < -0.3 is 15.5 Å². The summed E-state index contributed by atoms with van der Waals surface area (Å²) in [5.74, 6) is 1.12. The van der Waals surface area contributed by atoms with Crippen LogP contribution < -0.4 is 10.6 Å². The van der Waals surface area contributed by atoms with E-state index in [4.69, 9.17) is 5.73 Å². The second-order valence-electron chi connectivity index (χ2n) is 5.23. The van der Waals surface area contributed by atoms with Crippen LogP contribution in [0.3, 0.4) is 0 Å². The molecule has 7 heteroatoms. The second kappa shape index (κ2) is 6.99. The van der Waals surface area contributed by atoms with E-state index in [2.05, 4.69) is 21.2 Å². The largest absolute Gasteiger partial charge is 0.343 e. The van der Waals surface area contributed by atoms with Crippen molar-refractivity contribution in [3.05, 3.63) is 5.82 Å². The number of carbonyl (C=O) groups excluding carboxylic acids is 1. The summed E-state index contributed by atoms with van der Waals surface area (Å²) < 4.78 is 4.31. The number of nitrogens with two attached hydrogens (primary N) is 1. The number of nitrogens with zero attached hydrogens (tertiary/aromatic N) is 4. The first-order valence-corrected chi connectivity index (χ1v) is 7.98. The normalized spacial score (nSPS) is 17.4. The Morgan fingerprint density at radius 1 is 1.40 bits per heavy atom. The standard InChI is InChI=1S/C13H23N5OS/c1-3-11-15-13(20-16-11)18-8-6-17(7-9-18)12(19)5-4-10(2)14/h10H,3-9,14H2,1-2H3. The Bertz CT molecular complexity index is 440. The van der Waals surface area contributed by atoms with Crippen molar-refractivity contribution in [2.45, 2.75) is 39.2 Å². The van der Waals surface area contributed by atoms with Crippen LogP contribution in [0.1, 0.15) is 32.5 Å². The molecule has 0 aliphatic carbocycles. The molecule has 1 saturated heterocycles. The first-order valence-electron chi connectivity index (χ1n) is 7.21. The minimum absolute atomic E-state index is 0.0918. The molecule has 1 amide bonds. The summed E-state index contributed by atoms with van der Waals surface area (Å²) >= 11 is 1.45. The third kappa shape index (κ3) is 3.89. The molecule has 1 aromatic heterocycles. The Kier molecular flexibility index (Phi) is 5.31. The van der Waals surface area contributed by atoms with Crippen LogP contribution >= 0.6 is 11.5 Å². The van der Waals surface area contributed by atoms with Gasteiger partial charge in [-0.25, -0.2) is 4.98 Å². The summed E-state index contributed by atoms with van der Waals surface area (Å²) in [5.41, 5.74) is 5.69. The Hall–Kier alpha value is -1.21. The van der Waals surface area contributed by atoms with Crippen molar-refractivity contribution in [1.29, 1.82) is 0 Å². The Labute approximate surface area is 124 Å². The highest BCUT2D eigenvalue weighted by Crippen LogP contribution is 2.19. The molecule has 0 radical (unpaired) electrons. The first kappa shape index (κ1) is 15.2. The maximum atomic E-state index is 12.0. The average molecular weight is 297 g/mol. The van der Waals surface area contributed by atoms with Crippen molar-refractivity contribution in [1.82, 2.24) is 14.3 Å². The van der Waals surface area contributed by atoms with Gasteiger partial charge in [-0.2, -0.15) is 4.37 Å². The fourth-order valence-corrected chi connectivity index (χ4v) is 2.97. The monoisotopic (exact) mass is 297 g/mol. The van der Waals surface area contributed by atoms with Crippen LogP contribution in [0, 0.1) is 0 Å². The molecule has 112 valence electrons. The number of piperazine rings is 1. The molecule has 0 spiro atoms. The van der Waals surface area contributed by atoms with Gasteiger partial charge >= 0.3 is 0 Å². The summed E-state index contributed by atoms with van der Waals surface area (Å²) in [4.78, 5) is 20.7. The number of amides is 1. The first-order chi connectivity index (χ1) is 9.60. The molecule has 1 atom stereocenters. The van der Waals surface area contributed by atoms with Gasteiger partial charge in [0.15, 0.2) is 0 Å². The highest BCUT2D eigenvalue weighted by Gasteiger charge is 2.22. The lowest BCUT2D eigenvalue weighted by atomic mass is 10.1. The Morgan fingerprint density at radius 3 is 2.65 bits per heavy atom. The Balaban J connectivity index is 1.81. The van der Waals surface area contributed by atoms with Gasteiger partial charge in [0, 0.05) is 56.6 Å². The van der Waals surface area contributed by atoms with E-state index in [1.54, 1.807) is 0 Å². The summed E-state index contributed by atoms with van der Waals surface area (Å²) in [5, 5.41) is 0.976. The van der Waals surface area contributed by atoms with Crippen molar-refractivity contribution in [3.8, 4) is 0 Å². The molecule has 1 fully saturated rings. The summed E-state index contributed by atoms with van der Waals surface area (Å²) in [7, 11) is 0. The average Bonchev–Trinajstić information content (AvgIpc) is 2.94. The van der Waals surface area contributed by atoms with Gasteiger partial charge in [-0.15, -0.1) is 0 Å². The number of hydrogen-bond donors (Lipinski definition) is 1. The number of carbonyl (C=O) groups is 1. The predicted octanol–water partition coefficient (Wildman–Crippen LogP) is 0.877. The van der Waals surface area contributed by atoms with E-state index in [0.717, 1.165) is 50.0 Å². The molecule has 2 heterocycles. The van der Waals surface area contributed by atoms with Crippen LogP contribution in [0.25, 0.3) is 0 Å². The SMILES string of the molecule is CCc1nsc(N2CCN(C(=O)CCC(C)N)CC2)n1.